The number of aliphatic hydroxyl groups excluding tert-OH is 1. The molecule has 0 saturated heterocycles. The van der Waals surface area contributed by atoms with Gasteiger partial charge in [0.1, 0.15) is 11.6 Å². The predicted octanol–water partition coefficient (Wildman–Crippen LogP) is 4.97. The van der Waals surface area contributed by atoms with Crippen molar-refractivity contribution in [1.82, 2.24) is 0 Å². The number of aryl methyl sites for hydroxylation is 1. The lowest BCUT2D eigenvalue weighted by Crippen LogP contribution is -2.08. The van der Waals surface area contributed by atoms with Gasteiger partial charge in [0.25, 0.3) is 0 Å². The molecule has 0 amide bonds. The molecule has 0 bridgehead atoms. The number of hydrogen-bond donors (Lipinski definition) is 1. The second-order valence-electron chi connectivity index (χ2n) is 4.60. The molecule has 2 aromatic carbocycles. The fourth-order valence-electron chi connectivity index (χ4n) is 2.00. The van der Waals surface area contributed by atoms with Crippen molar-refractivity contribution in [2.75, 3.05) is 0 Å². The zero-order valence-corrected chi connectivity index (χ0v) is 13.0. The van der Waals surface area contributed by atoms with Crippen molar-refractivity contribution in [3.05, 3.63) is 68.2 Å². The molecule has 20 heavy (non-hydrogen) atoms. The van der Waals surface area contributed by atoms with E-state index in [4.69, 9.17) is 11.6 Å². The summed E-state index contributed by atoms with van der Waals surface area (Å²) in [5.74, 6) is -1.57. The number of aliphatic hydroxyl groups is 1. The van der Waals surface area contributed by atoms with Crippen LogP contribution in [0.2, 0.25) is 5.02 Å². The molecule has 0 fully saturated rings. The molecule has 0 radical (unpaired) electrons. The third kappa shape index (κ3) is 3.37. The zero-order valence-electron chi connectivity index (χ0n) is 10.6. The van der Waals surface area contributed by atoms with Gasteiger partial charge in [-0.05, 0) is 36.2 Å². The highest BCUT2D eigenvalue weighted by Gasteiger charge is 2.20. The van der Waals surface area contributed by atoms with Gasteiger partial charge in [-0.25, -0.2) is 8.78 Å². The Morgan fingerprint density at radius 1 is 1.20 bits per heavy atom. The second-order valence-corrected chi connectivity index (χ2v) is 5.92. The van der Waals surface area contributed by atoms with Crippen LogP contribution in [0.25, 0.3) is 0 Å². The first-order valence-electron chi connectivity index (χ1n) is 5.96. The van der Waals surface area contributed by atoms with E-state index >= 15 is 0 Å². The van der Waals surface area contributed by atoms with E-state index in [1.165, 1.54) is 0 Å². The van der Waals surface area contributed by atoms with E-state index in [9.17, 15) is 13.9 Å². The smallest absolute Gasteiger partial charge is 0.133 e. The van der Waals surface area contributed by atoms with E-state index in [-0.39, 0.29) is 16.5 Å². The van der Waals surface area contributed by atoms with Gasteiger partial charge in [0.05, 0.1) is 11.7 Å². The van der Waals surface area contributed by atoms with E-state index in [1.54, 1.807) is 12.1 Å². The zero-order chi connectivity index (χ0) is 14.9. The summed E-state index contributed by atoms with van der Waals surface area (Å²) in [6.45, 7) is 1.89. The van der Waals surface area contributed by atoms with Gasteiger partial charge >= 0.3 is 0 Å². The summed E-state index contributed by atoms with van der Waals surface area (Å²) in [6.07, 6.45) is -1.24. The molecule has 5 heteroatoms. The van der Waals surface area contributed by atoms with E-state index in [0.29, 0.717) is 10.6 Å². The first-order chi connectivity index (χ1) is 9.38. The van der Waals surface area contributed by atoms with Crippen LogP contribution in [-0.2, 0) is 6.42 Å². The third-order valence-corrected chi connectivity index (χ3v) is 3.81. The summed E-state index contributed by atoms with van der Waals surface area (Å²) in [5.41, 5.74) is 1.28. The summed E-state index contributed by atoms with van der Waals surface area (Å²) in [7, 11) is 0. The van der Waals surface area contributed by atoms with Gasteiger partial charge in [-0.15, -0.1) is 0 Å². The minimum absolute atomic E-state index is 0.0502. The molecule has 2 rings (SSSR count). The Kier molecular flexibility index (Phi) is 4.78. The van der Waals surface area contributed by atoms with Gasteiger partial charge in [0.2, 0.25) is 0 Å². The fraction of sp³-hybridized carbons (Fsp3) is 0.200. The molecule has 0 aliphatic heterocycles. The molecule has 0 saturated carbocycles. The van der Waals surface area contributed by atoms with Crippen molar-refractivity contribution in [2.24, 2.45) is 0 Å². The lowest BCUT2D eigenvalue weighted by atomic mass is 9.99. The Hall–Kier alpha value is -0.970. The van der Waals surface area contributed by atoms with Crippen molar-refractivity contribution in [3.8, 4) is 0 Å². The summed E-state index contributed by atoms with van der Waals surface area (Å²) in [5, 5.41) is 10.5. The average Bonchev–Trinajstić information content (AvgIpc) is 2.31. The molecule has 0 spiro atoms. The van der Waals surface area contributed by atoms with Crippen molar-refractivity contribution < 1.29 is 13.9 Å². The largest absolute Gasteiger partial charge is 0.388 e. The van der Waals surface area contributed by atoms with Crippen molar-refractivity contribution >= 4 is 27.5 Å². The standard InChI is InChI=1S/C15H12BrClF2O/c1-8-2-3-9(11(17)4-8)5-14(20)15-12(18)6-10(16)7-13(15)19/h2-4,6-7,14,20H,5H2,1H3. The number of rotatable bonds is 3. The average molecular weight is 362 g/mol. The van der Waals surface area contributed by atoms with Crippen LogP contribution in [0.5, 0.6) is 0 Å². The first kappa shape index (κ1) is 15.4. The van der Waals surface area contributed by atoms with Crippen LogP contribution in [0.1, 0.15) is 22.8 Å². The topological polar surface area (TPSA) is 20.2 Å². The lowest BCUT2D eigenvalue weighted by Gasteiger charge is -2.14. The lowest BCUT2D eigenvalue weighted by molar-refractivity contribution is 0.168. The van der Waals surface area contributed by atoms with Gasteiger partial charge in [0.15, 0.2) is 0 Å². The first-order valence-corrected chi connectivity index (χ1v) is 7.13. The summed E-state index contributed by atoms with van der Waals surface area (Å²) in [4.78, 5) is 0. The molecule has 0 aromatic heterocycles. The number of hydrogen-bond acceptors (Lipinski definition) is 1. The second kappa shape index (κ2) is 6.20. The summed E-state index contributed by atoms with van der Waals surface area (Å²) < 4.78 is 27.8. The number of benzene rings is 2. The quantitative estimate of drug-likeness (QED) is 0.819. The van der Waals surface area contributed by atoms with Gasteiger partial charge in [0, 0.05) is 15.9 Å². The van der Waals surface area contributed by atoms with Crippen LogP contribution in [-0.4, -0.2) is 5.11 Å². The monoisotopic (exact) mass is 360 g/mol. The maximum Gasteiger partial charge on any atom is 0.133 e. The van der Waals surface area contributed by atoms with E-state index < -0.39 is 17.7 Å². The molecule has 1 unspecified atom stereocenters. The highest BCUT2D eigenvalue weighted by Crippen LogP contribution is 2.29. The SMILES string of the molecule is Cc1ccc(CC(O)c2c(F)cc(Br)cc2F)c(Cl)c1. The van der Waals surface area contributed by atoms with Crippen LogP contribution in [0.4, 0.5) is 8.78 Å². The van der Waals surface area contributed by atoms with Crippen molar-refractivity contribution in [1.29, 1.82) is 0 Å². The fourth-order valence-corrected chi connectivity index (χ4v) is 2.71. The maximum absolute atomic E-state index is 13.8. The van der Waals surface area contributed by atoms with Crippen LogP contribution >= 0.6 is 27.5 Å². The molecule has 0 heterocycles. The van der Waals surface area contributed by atoms with Crippen LogP contribution < -0.4 is 0 Å². The highest BCUT2D eigenvalue weighted by molar-refractivity contribution is 9.10. The van der Waals surface area contributed by atoms with Crippen molar-refractivity contribution in [3.63, 3.8) is 0 Å². The van der Waals surface area contributed by atoms with Gasteiger partial charge in [-0.3, -0.25) is 0 Å². The van der Waals surface area contributed by atoms with Crippen LogP contribution in [0, 0.1) is 18.6 Å². The van der Waals surface area contributed by atoms with Gasteiger partial charge in [-0.1, -0.05) is 39.7 Å². The Morgan fingerprint density at radius 2 is 1.80 bits per heavy atom. The van der Waals surface area contributed by atoms with E-state index in [0.717, 1.165) is 17.7 Å². The van der Waals surface area contributed by atoms with Gasteiger partial charge < -0.3 is 5.11 Å². The Balaban J connectivity index is 2.31. The Morgan fingerprint density at radius 3 is 2.35 bits per heavy atom. The minimum atomic E-state index is -1.29. The molecule has 1 atom stereocenters. The van der Waals surface area contributed by atoms with E-state index in [1.807, 2.05) is 13.0 Å². The third-order valence-electron chi connectivity index (χ3n) is 3.00. The van der Waals surface area contributed by atoms with Crippen LogP contribution in [0.3, 0.4) is 0 Å². The molecule has 0 aliphatic carbocycles. The maximum atomic E-state index is 13.8. The summed E-state index contributed by atoms with van der Waals surface area (Å²) >= 11 is 9.06. The molecule has 0 aliphatic rings. The van der Waals surface area contributed by atoms with Crippen LogP contribution in [0.15, 0.2) is 34.8 Å². The van der Waals surface area contributed by atoms with Gasteiger partial charge in [-0.2, -0.15) is 0 Å². The molecule has 1 nitrogen and oxygen atoms in total. The number of halogens is 4. The Labute approximate surface area is 129 Å². The molecular weight excluding hydrogens is 350 g/mol. The molecule has 2 aromatic rings. The van der Waals surface area contributed by atoms with E-state index in [2.05, 4.69) is 15.9 Å². The van der Waals surface area contributed by atoms with Crippen molar-refractivity contribution in [2.45, 2.75) is 19.4 Å². The highest BCUT2D eigenvalue weighted by atomic mass is 79.9. The predicted molar refractivity (Wildman–Crippen MR) is 78.9 cm³/mol. The molecular formula is C15H12BrClF2O. The molecule has 1 N–H and O–H groups in total. The normalized spacial score (nSPS) is 12.5. The Bertz CT molecular complexity index is 623. The minimum Gasteiger partial charge on any atom is -0.388 e. The molecule has 106 valence electrons. The summed E-state index contributed by atoms with van der Waals surface area (Å²) in [6, 6.07) is 7.58.